The molecule has 1 saturated heterocycles. The first-order chi connectivity index (χ1) is 15.9. The van der Waals surface area contributed by atoms with Gasteiger partial charge in [-0.15, -0.1) is 0 Å². The van der Waals surface area contributed by atoms with Gasteiger partial charge in [0.1, 0.15) is 5.82 Å². The second-order valence-corrected chi connectivity index (χ2v) is 8.67. The smallest absolute Gasteiger partial charge is 0.282 e. The maximum absolute atomic E-state index is 14.5. The van der Waals surface area contributed by atoms with Crippen LogP contribution in [0.25, 0.3) is 0 Å². The summed E-state index contributed by atoms with van der Waals surface area (Å²) in [6, 6.07) is 12.5. The van der Waals surface area contributed by atoms with Crippen molar-refractivity contribution >= 4 is 11.6 Å². The fourth-order valence-corrected chi connectivity index (χ4v) is 4.46. The zero-order chi connectivity index (χ0) is 24.7. The number of alkyl halides is 6. The summed E-state index contributed by atoms with van der Waals surface area (Å²) in [7, 11) is 0. The van der Waals surface area contributed by atoms with Crippen molar-refractivity contribution in [3.8, 4) is 0 Å². The summed E-state index contributed by atoms with van der Waals surface area (Å²) in [5.74, 6) is -1.15. The zero-order valence-electron chi connectivity index (χ0n) is 17.5. The fraction of sp³-hybridized carbons (Fsp3) is 0.292. The van der Waals surface area contributed by atoms with E-state index < -0.39 is 41.7 Å². The topological polar surface area (TPSA) is 15.9 Å². The van der Waals surface area contributed by atoms with Gasteiger partial charge in [0.2, 0.25) is 0 Å². The van der Waals surface area contributed by atoms with Crippen LogP contribution < -0.4 is 0 Å². The summed E-state index contributed by atoms with van der Waals surface area (Å²) in [4.78, 5) is 5.71. The number of hydrogen-bond donors (Lipinski definition) is 0. The van der Waals surface area contributed by atoms with Crippen LogP contribution in [0, 0.1) is 5.82 Å². The third-order valence-electron chi connectivity index (χ3n) is 5.83. The third kappa shape index (κ3) is 5.20. The van der Waals surface area contributed by atoms with Gasteiger partial charge in [0.25, 0.3) is 0 Å². The van der Waals surface area contributed by atoms with Crippen molar-refractivity contribution in [3.63, 3.8) is 0 Å². The summed E-state index contributed by atoms with van der Waals surface area (Å²) >= 11 is 5.96. The van der Waals surface area contributed by atoms with E-state index in [1.807, 2.05) is 0 Å². The van der Waals surface area contributed by atoms with Gasteiger partial charge in [-0.05, 0) is 41.5 Å². The van der Waals surface area contributed by atoms with Crippen LogP contribution in [0.3, 0.4) is 0 Å². The number of nitrogens with zero attached hydrogens (tertiary/aromatic N) is 2. The number of aromatic nitrogens is 1. The minimum atomic E-state index is -4.85. The van der Waals surface area contributed by atoms with Crippen molar-refractivity contribution in [1.29, 1.82) is 0 Å². The number of pyridine rings is 1. The van der Waals surface area contributed by atoms with Crippen molar-refractivity contribution < 1.29 is 30.7 Å². The van der Waals surface area contributed by atoms with Gasteiger partial charge in [-0.1, -0.05) is 41.9 Å². The molecular weight excluding hydrogens is 485 g/mol. The molecule has 0 radical (unpaired) electrons. The minimum absolute atomic E-state index is 0.0302. The molecular formula is C24H18ClF7N2. The van der Waals surface area contributed by atoms with Crippen molar-refractivity contribution in [2.45, 2.75) is 36.8 Å². The van der Waals surface area contributed by atoms with Crippen LogP contribution in [0.4, 0.5) is 30.7 Å². The van der Waals surface area contributed by atoms with E-state index in [1.54, 1.807) is 30.3 Å². The quantitative estimate of drug-likeness (QED) is 0.266. The van der Waals surface area contributed by atoms with Crippen LogP contribution in [0.15, 0.2) is 66.9 Å². The lowest BCUT2D eigenvalue weighted by Gasteiger charge is -2.37. The Hall–Kier alpha value is -2.65. The van der Waals surface area contributed by atoms with E-state index >= 15 is 0 Å². The molecule has 1 aliphatic heterocycles. The van der Waals surface area contributed by atoms with Crippen molar-refractivity contribution in [1.82, 2.24) is 9.88 Å². The van der Waals surface area contributed by atoms with Crippen LogP contribution >= 0.6 is 11.6 Å². The van der Waals surface area contributed by atoms with Crippen LogP contribution in [0.2, 0.25) is 5.02 Å². The summed E-state index contributed by atoms with van der Waals surface area (Å²) in [6.45, 7) is -0.0471. The van der Waals surface area contributed by atoms with Crippen LogP contribution in [-0.2, 0) is 18.1 Å². The van der Waals surface area contributed by atoms with Gasteiger partial charge in [-0.25, -0.2) is 4.39 Å². The first-order valence-corrected chi connectivity index (χ1v) is 10.6. The average Bonchev–Trinajstić information content (AvgIpc) is 3.50. The molecule has 2 heterocycles. The van der Waals surface area contributed by atoms with Gasteiger partial charge in [0, 0.05) is 25.2 Å². The van der Waals surface area contributed by atoms with E-state index in [0.717, 1.165) is 12.1 Å². The summed E-state index contributed by atoms with van der Waals surface area (Å²) in [5.41, 5.74) is -2.16. The molecule has 0 amide bonds. The molecule has 0 spiro atoms. The molecule has 3 atom stereocenters. The monoisotopic (exact) mass is 502 g/mol. The standard InChI is InChI=1S/C24H18ClF7N2/c25-18-6-7-21(33-13-18)22(11-15-4-2-1-3-5-15,34-14-20(34)12-23(27,28)29)16-8-17(24(30,31)32)10-19(26)9-16/h1-10,13,20H,11-12,14H2/t20?,22-,34?/m0/s1. The molecule has 0 aliphatic carbocycles. The van der Waals surface area contributed by atoms with Crippen LogP contribution in [-0.4, -0.2) is 28.6 Å². The Bertz CT molecular complexity index is 1150. The third-order valence-corrected chi connectivity index (χ3v) is 6.05. The lowest BCUT2D eigenvalue weighted by molar-refractivity contribution is -0.138. The van der Waals surface area contributed by atoms with Crippen molar-refractivity contribution in [2.75, 3.05) is 6.54 Å². The predicted octanol–water partition coefficient (Wildman–Crippen LogP) is 7.02. The van der Waals surface area contributed by atoms with Crippen molar-refractivity contribution in [2.24, 2.45) is 0 Å². The molecule has 180 valence electrons. The summed E-state index contributed by atoms with van der Waals surface area (Å²) in [6.07, 6.45) is -9.25. The Morgan fingerprint density at radius 1 is 0.912 bits per heavy atom. The second kappa shape index (κ2) is 8.85. The highest BCUT2D eigenvalue weighted by molar-refractivity contribution is 6.30. The van der Waals surface area contributed by atoms with Gasteiger partial charge in [-0.2, -0.15) is 26.3 Å². The molecule has 0 N–H and O–H groups in total. The first-order valence-electron chi connectivity index (χ1n) is 10.3. The molecule has 1 aliphatic rings. The minimum Gasteiger partial charge on any atom is -0.282 e. The molecule has 2 aromatic carbocycles. The molecule has 0 bridgehead atoms. The molecule has 10 heteroatoms. The highest BCUT2D eigenvalue weighted by Gasteiger charge is 2.56. The Morgan fingerprint density at radius 2 is 1.59 bits per heavy atom. The number of hydrogen-bond acceptors (Lipinski definition) is 2. The molecule has 0 saturated carbocycles. The second-order valence-electron chi connectivity index (χ2n) is 8.24. The molecule has 4 rings (SSSR count). The molecule has 3 aromatic rings. The normalized spacial score (nSPS) is 20.1. The van der Waals surface area contributed by atoms with Gasteiger partial charge in [-0.3, -0.25) is 9.88 Å². The van der Waals surface area contributed by atoms with Gasteiger partial charge >= 0.3 is 12.4 Å². The number of halogens is 8. The SMILES string of the molecule is Fc1cc(C(F)(F)F)cc([C@@](Cc2ccccc2)(c2ccc(Cl)cn2)N2CC2CC(F)(F)F)c1. The maximum Gasteiger partial charge on any atom is 0.416 e. The van der Waals surface area contributed by atoms with E-state index in [9.17, 15) is 30.7 Å². The first kappa shape index (κ1) is 24.5. The Kier molecular flexibility index (Phi) is 6.37. The van der Waals surface area contributed by atoms with E-state index in [-0.39, 0.29) is 29.2 Å². The summed E-state index contributed by atoms with van der Waals surface area (Å²) in [5, 5.41) is 0.241. The average molecular weight is 503 g/mol. The molecule has 1 fully saturated rings. The lowest BCUT2D eigenvalue weighted by Crippen LogP contribution is -2.41. The lowest BCUT2D eigenvalue weighted by atomic mass is 9.79. The maximum atomic E-state index is 14.5. The Labute approximate surface area is 196 Å². The Balaban J connectivity index is 1.95. The Morgan fingerprint density at radius 3 is 2.18 bits per heavy atom. The largest absolute Gasteiger partial charge is 0.416 e. The zero-order valence-corrected chi connectivity index (χ0v) is 18.2. The molecule has 2 unspecified atom stereocenters. The molecule has 1 aromatic heterocycles. The van der Waals surface area contributed by atoms with E-state index in [4.69, 9.17) is 11.6 Å². The highest BCUT2D eigenvalue weighted by Crippen LogP contribution is 2.48. The number of rotatable bonds is 6. The van der Waals surface area contributed by atoms with Crippen LogP contribution in [0.5, 0.6) is 0 Å². The van der Waals surface area contributed by atoms with Gasteiger partial charge in [0.05, 0.1) is 28.2 Å². The highest BCUT2D eigenvalue weighted by atomic mass is 35.5. The number of benzene rings is 2. The van der Waals surface area contributed by atoms with E-state index in [0.29, 0.717) is 11.6 Å². The summed E-state index contributed by atoms with van der Waals surface area (Å²) < 4.78 is 94.9. The fourth-order valence-electron chi connectivity index (χ4n) is 4.35. The predicted molar refractivity (Wildman–Crippen MR) is 113 cm³/mol. The molecule has 2 nitrogen and oxygen atoms in total. The van der Waals surface area contributed by atoms with E-state index in [1.165, 1.54) is 23.2 Å². The van der Waals surface area contributed by atoms with Gasteiger partial charge in [0.15, 0.2) is 0 Å². The van der Waals surface area contributed by atoms with E-state index in [2.05, 4.69) is 4.98 Å². The molecule has 34 heavy (non-hydrogen) atoms. The van der Waals surface area contributed by atoms with Gasteiger partial charge < -0.3 is 0 Å². The van der Waals surface area contributed by atoms with Crippen molar-refractivity contribution in [3.05, 3.63) is 100 Å². The van der Waals surface area contributed by atoms with Crippen LogP contribution in [0.1, 0.15) is 28.8 Å².